The summed E-state index contributed by atoms with van der Waals surface area (Å²) in [5.74, 6) is -0.135. The van der Waals surface area contributed by atoms with Gasteiger partial charge in [0.2, 0.25) is 5.91 Å². The molecule has 9 heteroatoms. The Balaban J connectivity index is 2.00. The Morgan fingerprint density at radius 1 is 0.400 bits per heavy atom. The van der Waals surface area contributed by atoms with Gasteiger partial charge < -0.3 is 40.3 Å². The van der Waals surface area contributed by atoms with Gasteiger partial charge in [0.15, 0.2) is 6.29 Å². The third-order valence-electron chi connectivity index (χ3n) is 16.7. The Morgan fingerprint density at radius 3 is 0.947 bits per heavy atom. The normalized spacial score (nSPS) is 18.7. The van der Waals surface area contributed by atoms with E-state index >= 15 is 0 Å². The van der Waals surface area contributed by atoms with Gasteiger partial charge in [0.25, 0.3) is 0 Å². The van der Waals surface area contributed by atoms with E-state index in [2.05, 4.69) is 19.2 Å². The molecule has 0 aromatic rings. The summed E-state index contributed by atoms with van der Waals surface area (Å²) >= 11 is 0. The summed E-state index contributed by atoms with van der Waals surface area (Å²) in [7, 11) is 0. The van der Waals surface area contributed by atoms with E-state index in [1.165, 1.54) is 295 Å². The van der Waals surface area contributed by atoms with Gasteiger partial charge in [0.05, 0.1) is 25.4 Å². The molecule has 0 saturated carbocycles. The van der Waals surface area contributed by atoms with Gasteiger partial charge in [-0.2, -0.15) is 0 Å². The van der Waals surface area contributed by atoms with Crippen molar-refractivity contribution < 1.29 is 39.8 Å². The first-order valence-electron chi connectivity index (χ1n) is 33.7. The number of aliphatic hydroxyl groups excluding tert-OH is 5. The molecule has 448 valence electrons. The molecule has 75 heavy (non-hydrogen) atoms. The molecule has 1 aliphatic heterocycles. The summed E-state index contributed by atoms with van der Waals surface area (Å²) in [6.07, 6.45) is 63.3. The zero-order valence-corrected chi connectivity index (χ0v) is 50.1. The Morgan fingerprint density at radius 2 is 0.667 bits per heavy atom. The first-order chi connectivity index (χ1) is 36.8. The molecular formula is C66H131NO8. The lowest BCUT2D eigenvalue weighted by atomic mass is 9.99. The molecule has 1 heterocycles. The number of amides is 1. The maximum absolute atomic E-state index is 13.1. The molecule has 0 aromatic heterocycles. The van der Waals surface area contributed by atoms with Crippen LogP contribution in [0.1, 0.15) is 361 Å². The van der Waals surface area contributed by atoms with Crippen molar-refractivity contribution in [2.75, 3.05) is 13.2 Å². The zero-order chi connectivity index (χ0) is 54.3. The molecule has 7 atom stereocenters. The highest BCUT2D eigenvalue weighted by atomic mass is 16.7. The van der Waals surface area contributed by atoms with Crippen LogP contribution in [0.25, 0.3) is 0 Å². The van der Waals surface area contributed by atoms with E-state index in [0.29, 0.717) is 12.8 Å². The lowest BCUT2D eigenvalue weighted by molar-refractivity contribution is -0.302. The SMILES string of the molecule is CCCCCCCCCCCCCCCCCCCCCCCCCCCCCCCCCCCCCCCCC(=O)NC(COC1OC(CO)C(O)C(O)C1O)C(O)CCCCCCCCCCCCCCCC. The topological polar surface area (TPSA) is 149 Å². The smallest absolute Gasteiger partial charge is 0.220 e. The molecule has 0 bridgehead atoms. The van der Waals surface area contributed by atoms with Crippen molar-refractivity contribution in [2.45, 2.75) is 403 Å². The summed E-state index contributed by atoms with van der Waals surface area (Å²) in [4.78, 5) is 13.1. The van der Waals surface area contributed by atoms with Gasteiger partial charge in [-0.1, -0.05) is 341 Å². The minimum absolute atomic E-state index is 0.131. The van der Waals surface area contributed by atoms with E-state index in [1.807, 2.05) is 0 Å². The fourth-order valence-corrected chi connectivity index (χ4v) is 11.4. The number of unbranched alkanes of at least 4 members (excludes halogenated alkanes) is 50. The fraction of sp³-hybridized carbons (Fsp3) is 0.985. The lowest BCUT2D eigenvalue weighted by Gasteiger charge is -2.40. The van der Waals surface area contributed by atoms with Gasteiger partial charge in [-0.05, 0) is 12.8 Å². The van der Waals surface area contributed by atoms with E-state index in [0.717, 1.165) is 38.5 Å². The minimum atomic E-state index is -1.55. The van der Waals surface area contributed by atoms with Gasteiger partial charge >= 0.3 is 0 Å². The van der Waals surface area contributed by atoms with Crippen LogP contribution in [0, 0.1) is 0 Å². The average Bonchev–Trinajstić information content (AvgIpc) is 3.41. The second kappa shape index (κ2) is 56.5. The number of hydrogen-bond donors (Lipinski definition) is 6. The molecule has 1 aliphatic rings. The molecule has 0 radical (unpaired) electrons. The zero-order valence-electron chi connectivity index (χ0n) is 50.1. The van der Waals surface area contributed by atoms with E-state index in [9.17, 15) is 30.3 Å². The van der Waals surface area contributed by atoms with E-state index < -0.39 is 49.5 Å². The summed E-state index contributed by atoms with van der Waals surface area (Å²) in [6, 6.07) is -0.713. The van der Waals surface area contributed by atoms with Crippen LogP contribution in [0.4, 0.5) is 0 Å². The molecule has 0 aliphatic carbocycles. The number of carbonyl (C=O) groups excluding carboxylic acids is 1. The standard InChI is InChI=1S/C66H131NO8/c1-3-5-7-9-11-13-15-17-19-20-21-22-23-24-25-26-27-28-29-30-31-32-33-34-35-36-37-38-39-40-41-42-44-46-48-50-52-54-56-62(70)67-59(58-74-66-65(73)64(72)63(71)61(57-68)75-66)60(69)55-53-51-49-47-45-43-18-16-14-12-10-8-6-4-2/h59-61,63-66,68-69,71-73H,3-58H2,1-2H3,(H,67,70). The molecule has 1 amide bonds. The first kappa shape index (κ1) is 72.2. The Bertz CT molecular complexity index is 1140. The number of ether oxygens (including phenoxy) is 2. The van der Waals surface area contributed by atoms with Crippen LogP contribution in [0.15, 0.2) is 0 Å². The minimum Gasteiger partial charge on any atom is -0.394 e. The molecule has 0 aromatic carbocycles. The van der Waals surface area contributed by atoms with E-state index in [4.69, 9.17) is 9.47 Å². The summed E-state index contributed by atoms with van der Waals surface area (Å²) in [6.45, 7) is 3.89. The van der Waals surface area contributed by atoms with Gasteiger partial charge in [0, 0.05) is 6.42 Å². The van der Waals surface area contributed by atoms with Gasteiger partial charge in [0.1, 0.15) is 24.4 Å². The summed E-state index contributed by atoms with van der Waals surface area (Å²) in [5, 5.41) is 54.7. The Labute approximate surface area is 465 Å². The number of rotatable bonds is 60. The summed E-state index contributed by atoms with van der Waals surface area (Å²) in [5.41, 5.74) is 0. The molecule has 9 nitrogen and oxygen atoms in total. The van der Waals surface area contributed by atoms with Crippen molar-refractivity contribution in [2.24, 2.45) is 0 Å². The van der Waals surface area contributed by atoms with Crippen molar-refractivity contribution in [3.8, 4) is 0 Å². The lowest BCUT2D eigenvalue weighted by Crippen LogP contribution is -2.60. The fourth-order valence-electron chi connectivity index (χ4n) is 11.4. The molecule has 1 saturated heterocycles. The molecule has 7 unspecified atom stereocenters. The number of aliphatic hydroxyl groups is 5. The molecule has 0 spiro atoms. The maximum atomic E-state index is 13.1. The number of nitrogens with one attached hydrogen (secondary N) is 1. The predicted octanol–water partition coefficient (Wildman–Crippen LogP) is 17.8. The molecule has 6 N–H and O–H groups in total. The number of hydrogen-bond acceptors (Lipinski definition) is 8. The van der Waals surface area contributed by atoms with Crippen molar-refractivity contribution in [3.63, 3.8) is 0 Å². The Hall–Kier alpha value is -0.810. The largest absolute Gasteiger partial charge is 0.394 e. The average molecular weight is 1070 g/mol. The van der Waals surface area contributed by atoms with Crippen molar-refractivity contribution in [1.29, 1.82) is 0 Å². The van der Waals surface area contributed by atoms with Crippen LogP contribution >= 0.6 is 0 Å². The van der Waals surface area contributed by atoms with Gasteiger partial charge in [-0.3, -0.25) is 4.79 Å². The van der Waals surface area contributed by atoms with Crippen LogP contribution in [0.3, 0.4) is 0 Å². The molecule has 1 rings (SSSR count). The monoisotopic (exact) mass is 1070 g/mol. The van der Waals surface area contributed by atoms with E-state index in [1.54, 1.807) is 0 Å². The van der Waals surface area contributed by atoms with E-state index in [-0.39, 0.29) is 12.5 Å². The molecular weight excluding hydrogens is 935 g/mol. The highest BCUT2D eigenvalue weighted by molar-refractivity contribution is 5.76. The quantitative estimate of drug-likeness (QED) is 0.0330. The van der Waals surface area contributed by atoms with Gasteiger partial charge in [-0.15, -0.1) is 0 Å². The predicted molar refractivity (Wildman–Crippen MR) is 318 cm³/mol. The van der Waals surface area contributed by atoms with Crippen molar-refractivity contribution in [1.82, 2.24) is 5.32 Å². The van der Waals surface area contributed by atoms with Crippen LogP contribution in [-0.4, -0.2) is 87.5 Å². The maximum Gasteiger partial charge on any atom is 0.220 e. The third kappa shape index (κ3) is 45.6. The number of carbonyl (C=O) groups is 1. The van der Waals surface area contributed by atoms with Gasteiger partial charge in [-0.25, -0.2) is 0 Å². The second-order valence-electron chi connectivity index (χ2n) is 24.0. The summed E-state index contributed by atoms with van der Waals surface area (Å²) < 4.78 is 11.3. The Kier molecular flexibility index (Phi) is 54.4. The van der Waals surface area contributed by atoms with Crippen LogP contribution in [-0.2, 0) is 14.3 Å². The third-order valence-corrected chi connectivity index (χ3v) is 16.7. The highest BCUT2D eigenvalue weighted by Gasteiger charge is 2.44. The van der Waals surface area contributed by atoms with Crippen molar-refractivity contribution in [3.05, 3.63) is 0 Å². The van der Waals surface area contributed by atoms with Crippen molar-refractivity contribution >= 4 is 5.91 Å². The van der Waals surface area contributed by atoms with Crippen LogP contribution in [0.2, 0.25) is 0 Å². The van der Waals surface area contributed by atoms with Crippen LogP contribution < -0.4 is 5.32 Å². The first-order valence-corrected chi connectivity index (χ1v) is 33.7. The highest BCUT2D eigenvalue weighted by Crippen LogP contribution is 2.24. The molecule has 1 fully saturated rings. The second-order valence-corrected chi connectivity index (χ2v) is 24.0. The van der Waals surface area contributed by atoms with Crippen LogP contribution in [0.5, 0.6) is 0 Å².